The maximum absolute atomic E-state index is 5.97. The lowest BCUT2D eigenvalue weighted by molar-refractivity contribution is 0.306. The van der Waals surface area contributed by atoms with Crippen molar-refractivity contribution in [3.05, 3.63) is 23.8 Å². The van der Waals surface area contributed by atoms with Crippen LogP contribution >= 0.6 is 0 Å². The number of hydrogen-bond acceptors (Lipinski definition) is 2. The number of hydrogen-bond donors (Lipinski definition) is 1. The maximum Gasteiger partial charge on any atom is 0.142 e. The second kappa shape index (κ2) is 9.71. The van der Waals surface area contributed by atoms with Crippen molar-refractivity contribution in [3.63, 3.8) is 0 Å². The minimum absolute atomic E-state index is 0.766. The minimum Gasteiger partial charge on any atom is -0.491 e. The van der Waals surface area contributed by atoms with Crippen LogP contribution in [0, 0.1) is 0 Å². The van der Waals surface area contributed by atoms with Crippen LogP contribution in [-0.4, -0.2) is 6.61 Å². The van der Waals surface area contributed by atoms with E-state index in [0.29, 0.717) is 0 Å². The lowest BCUT2D eigenvalue weighted by atomic mass is 10.1. The average molecular weight is 263 g/mol. The van der Waals surface area contributed by atoms with Gasteiger partial charge in [-0.15, -0.1) is 0 Å². The summed E-state index contributed by atoms with van der Waals surface area (Å²) in [5.74, 6) is 0.836. The summed E-state index contributed by atoms with van der Waals surface area (Å²) in [6.07, 6.45) is 10.2. The highest BCUT2D eigenvalue weighted by molar-refractivity contribution is 5.54. The van der Waals surface area contributed by atoms with Crippen LogP contribution in [-0.2, 0) is 6.42 Å². The molecule has 2 N–H and O–H groups in total. The summed E-state index contributed by atoms with van der Waals surface area (Å²) in [6.45, 7) is 5.17. The predicted octanol–water partition coefficient (Wildman–Crippen LogP) is 4.96. The summed E-state index contributed by atoms with van der Waals surface area (Å²) in [5.41, 5.74) is 8.00. The van der Waals surface area contributed by atoms with Crippen LogP contribution in [0.15, 0.2) is 18.2 Å². The third-order valence-corrected chi connectivity index (χ3v) is 3.49. The minimum atomic E-state index is 0.766. The van der Waals surface area contributed by atoms with Crippen LogP contribution in [0.4, 0.5) is 5.69 Å². The molecule has 0 fully saturated rings. The predicted molar refractivity (Wildman–Crippen MR) is 83.7 cm³/mol. The van der Waals surface area contributed by atoms with Gasteiger partial charge in [0.2, 0.25) is 0 Å². The molecule has 1 aromatic rings. The summed E-state index contributed by atoms with van der Waals surface area (Å²) in [7, 11) is 0. The van der Waals surface area contributed by atoms with Crippen LogP contribution in [0.2, 0.25) is 0 Å². The van der Waals surface area contributed by atoms with E-state index >= 15 is 0 Å². The molecule has 19 heavy (non-hydrogen) atoms. The summed E-state index contributed by atoms with van der Waals surface area (Å²) < 4.78 is 5.74. The van der Waals surface area contributed by atoms with Gasteiger partial charge in [0, 0.05) is 0 Å². The third-order valence-electron chi connectivity index (χ3n) is 3.49. The molecule has 0 bridgehead atoms. The van der Waals surface area contributed by atoms with Gasteiger partial charge in [-0.3, -0.25) is 0 Å². The number of anilines is 1. The van der Waals surface area contributed by atoms with Gasteiger partial charge in [-0.1, -0.05) is 58.4 Å². The van der Waals surface area contributed by atoms with E-state index in [9.17, 15) is 0 Å². The van der Waals surface area contributed by atoms with Crippen molar-refractivity contribution >= 4 is 5.69 Å². The molecular formula is C17H29NO. The molecular weight excluding hydrogens is 234 g/mol. The van der Waals surface area contributed by atoms with E-state index < -0.39 is 0 Å². The monoisotopic (exact) mass is 263 g/mol. The van der Waals surface area contributed by atoms with Crippen LogP contribution in [0.5, 0.6) is 5.75 Å². The fourth-order valence-corrected chi connectivity index (χ4v) is 2.19. The third kappa shape index (κ3) is 6.51. The van der Waals surface area contributed by atoms with Crippen molar-refractivity contribution in [1.29, 1.82) is 0 Å². The molecule has 0 heterocycles. The Bertz CT molecular complexity index is 349. The quantitative estimate of drug-likeness (QED) is 0.478. The zero-order valence-corrected chi connectivity index (χ0v) is 12.6. The van der Waals surface area contributed by atoms with Crippen molar-refractivity contribution in [1.82, 2.24) is 0 Å². The molecule has 0 aliphatic carbocycles. The van der Waals surface area contributed by atoms with Gasteiger partial charge in [0.25, 0.3) is 0 Å². The lowest BCUT2D eigenvalue weighted by Crippen LogP contribution is -2.01. The van der Waals surface area contributed by atoms with E-state index in [4.69, 9.17) is 10.5 Å². The highest BCUT2D eigenvalue weighted by Crippen LogP contribution is 2.23. The van der Waals surface area contributed by atoms with Gasteiger partial charge < -0.3 is 10.5 Å². The van der Waals surface area contributed by atoms with Crippen LogP contribution in [0.25, 0.3) is 0 Å². The second-order valence-corrected chi connectivity index (χ2v) is 5.20. The highest BCUT2D eigenvalue weighted by atomic mass is 16.5. The molecule has 0 aliphatic rings. The van der Waals surface area contributed by atoms with E-state index in [1.165, 1.54) is 44.1 Å². The first-order valence-electron chi connectivity index (χ1n) is 7.79. The number of rotatable bonds is 10. The van der Waals surface area contributed by atoms with Crippen LogP contribution in [0.1, 0.15) is 64.4 Å². The van der Waals surface area contributed by atoms with Gasteiger partial charge in [-0.05, 0) is 30.5 Å². The first-order chi connectivity index (χ1) is 9.27. The zero-order valence-electron chi connectivity index (χ0n) is 12.6. The SMILES string of the molecule is CCCCCCCCCOc1ccc(CC)cc1N. The molecule has 0 saturated carbocycles. The molecule has 0 radical (unpaired) electrons. The van der Waals surface area contributed by atoms with Gasteiger partial charge in [-0.25, -0.2) is 0 Å². The molecule has 0 atom stereocenters. The number of benzene rings is 1. The number of nitrogen functional groups attached to an aromatic ring is 1. The highest BCUT2D eigenvalue weighted by Gasteiger charge is 2.01. The second-order valence-electron chi connectivity index (χ2n) is 5.20. The molecule has 2 nitrogen and oxygen atoms in total. The molecule has 1 aromatic carbocycles. The van der Waals surface area contributed by atoms with E-state index in [-0.39, 0.29) is 0 Å². The Morgan fingerprint density at radius 3 is 2.26 bits per heavy atom. The largest absolute Gasteiger partial charge is 0.491 e. The number of nitrogens with two attached hydrogens (primary N) is 1. The zero-order chi connectivity index (χ0) is 13.9. The van der Waals surface area contributed by atoms with Gasteiger partial charge in [0.05, 0.1) is 12.3 Å². The first kappa shape index (κ1) is 15.9. The normalized spacial score (nSPS) is 10.6. The molecule has 0 spiro atoms. The van der Waals surface area contributed by atoms with Crippen LogP contribution < -0.4 is 10.5 Å². The molecule has 0 unspecified atom stereocenters. The van der Waals surface area contributed by atoms with E-state index in [1.807, 2.05) is 12.1 Å². The Kier molecular flexibility index (Phi) is 8.11. The Morgan fingerprint density at radius 1 is 0.947 bits per heavy atom. The lowest BCUT2D eigenvalue weighted by Gasteiger charge is -2.10. The Morgan fingerprint density at radius 2 is 1.63 bits per heavy atom. The average Bonchev–Trinajstić information content (AvgIpc) is 2.43. The molecule has 0 amide bonds. The molecule has 0 aromatic heterocycles. The summed E-state index contributed by atoms with van der Waals surface area (Å²) in [5, 5.41) is 0. The van der Waals surface area contributed by atoms with Gasteiger partial charge in [0.1, 0.15) is 5.75 Å². The van der Waals surface area contributed by atoms with Crippen molar-refractivity contribution in [2.24, 2.45) is 0 Å². The van der Waals surface area contributed by atoms with Crippen LogP contribution in [0.3, 0.4) is 0 Å². The molecule has 0 aliphatic heterocycles. The number of unbranched alkanes of at least 4 members (excludes halogenated alkanes) is 6. The van der Waals surface area contributed by atoms with Crippen molar-refractivity contribution in [2.45, 2.75) is 65.2 Å². The molecule has 0 saturated heterocycles. The summed E-state index contributed by atoms with van der Waals surface area (Å²) in [6, 6.07) is 6.10. The Hall–Kier alpha value is -1.18. The van der Waals surface area contributed by atoms with Crippen molar-refractivity contribution in [2.75, 3.05) is 12.3 Å². The standard InChI is InChI=1S/C17H29NO/c1-3-5-6-7-8-9-10-13-19-17-12-11-15(4-2)14-16(17)18/h11-12,14H,3-10,13,18H2,1-2H3. The van der Waals surface area contributed by atoms with Gasteiger partial charge in [0.15, 0.2) is 0 Å². The van der Waals surface area contributed by atoms with Crippen molar-refractivity contribution in [3.8, 4) is 5.75 Å². The fourth-order valence-electron chi connectivity index (χ4n) is 2.19. The van der Waals surface area contributed by atoms with E-state index in [1.54, 1.807) is 0 Å². The molecule has 108 valence electrons. The van der Waals surface area contributed by atoms with Gasteiger partial charge >= 0.3 is 0 Å². The Balaban J connectivity index is 2.12. The van der Waals surface area contributed by atoms with Gasteiger partial charge in [-0.2, -0.15) is 0 Å². The summed E-state index contributed by atoms with van der Waals surface area (Å²) >= 11 is 0. The topological polar surface area (TPSA) is 35.2 Å². The smallest absolute Gasteiger partial charge is 0.142 e. The number of aryl methyl sites for hydroxylation is 1. The summed E-state index contributed by atoms with van der Waals surface area (Å²) in [4.78, 5) is 0. The molecule has 2 heteroatoms. The van der Waals surface area contributed by atoms with E-state index in [0.717, 1.165) is 30.9 Å². The number of ether oxygens (including phenoxy) is 1. The fraction of sp³-hybridized carbons (Fsp3) is 0.647. The maximum atomic E-state index is 5.97. The molecule has 1 rings (SSSR count). The van der Waals surface area contributed by atoms with Crippen molar-refractivity contribution < 1.29 is 4.74 Å². The van der Waals surface area contributed by atoms with E-state index in [2.05, 4.69) is 19.9 Å². The Labute approximate surface area is 118 Å². The first-order valence-corrected chi connectivity index (χ1v) is 7.79.